The molecule has 0 radical (unpaired) electrons. The smallest absolute Gasteiger partial charge is 0.337 e. The van der Waals surface area contributed by atoms with E-state index in [-0.39, 0.29) is 0 Å². The highest BCUT2D eigenvalue weighted by molar-refractivity contribution is 7.17. The summed E-state index contributed by atoms with van der Waals surface area (Å²) in [6.45, 7) is 1.84. The normalized spacial score (nSPS) is 10.8. The highest BCUT2D eigenvalue weighted by Gasteiger charge is 2.17. The molecule has 0 atom stereocenters. The van der Waals surface area contributed by atoms with Crippen LogP contribution in [0.5, 0.6) is 5.75 Å². The maximum absolute atomic E-state index is 11.9. The Bertz CT molecular complexity index is 1240. The molecule has 0 aliphatic rings. The number of rotatable bonds is 5. The van der Waals surface area contributed by atoms with E-state index in [0.717, 1.165) is 27.1 Å². The molecule has 8 heteroatoms. The first-order valence-electron chi connectivity index (χ1n) is 9.05. The minimum Gasteiger partial charge on any atom is -0.497 e. The fourth-order valence-electron chi connectivity index (χ4n) is 3.12. The van der Waals surface area contributed by atoms with Gasteiger partial charge in [-0.3, -0.25) is 0 Å². The number of carbonyl (C=O) groups excluding carboxylic acids is 1. The number of hydrogen-bond donors (Lipinski definition) is 1. The van der Waals surface area contributed by atoms with Gasteiger partial charge in [0.05, 0.1) is 35.9 Å². The summed E-state index contributed by atoms with van der Waals surface area (Å²) in [5.41, 5.74) is 2.98. The van der Waals surface area contributed by atoms with Crippen molar-refractivity contribution in [1.29, 1.82) is 0 Å². The van der Waals surface area contributed by atoms with Gasteiger partial charge in [0, 0.05) is 10.9 Å². The first-order chi connectivity index (χ1) is 14.5. The molecule has 2 aromatic heterocycles. The average Bonchev–Trinajstić information content (AvgIpc) is 3.18. The third-order valence-electron chi connectivity index (χ3n) is 4.59. The second-order valence-corrected chi connectivity index (χ2v) is 7.75. The van der Waals surface area contributed by atoms with E-state index in [1.165, 1.54) is 7.11 Å². The van der Waals surface area contributed by atoms with Crippen LogP contribution < -0.4 is 10.1 Å². The first kappa shape index (κ1) is 20.1. The summed E-state index contributed by atoms with van der Waals surface area (Å²) in [6.07, 6.45) is 0. The summed E-state index contributed by atoms with van der Waals surface area (Å²) in [6, 6.07) is 12.7. The Morgan fingerprint density at radius 1 is 1.10 bits per heavy atom. The molecular weight excluding hydrogens is 422 g/mol. The quantitative estimate of drug-likeness (QED) is 0.392. The molecule has 0 amide bonds. The van der Waals surface area contributed by atoms with E-state index >= 15 is 0 Å². The molecule has 152 valence electrons. The van der Waals surface area contributed by atoms with Crippen LogP contribution in [0.25, 0.3) is 21.3 Å². The molecule has 0 bridgehead atoms. The predicted octanol–water partition coefficient (Wildman–Crippen LogP) is 5.86. The molecule has 2 aromatic carbocycles. The SMILES string of the molecule is COC(=O)c1ccc(Cl)c(Nc2nc(C)nc3scc(-c4ccc(OC)cc4)c23)c1. The van der Waals surface area contributed by atoms with Crippen LogP contribution in [-0.2, 0) is 4.74 Å². The molecule has 6 nitrogen and oxygen atoms in total. The summed E-state index contributed by atoms with van der Waals surface area (Å²) in [4.78, 5) is 22.0. The molecule has 4 rings (SSSR count). The predicted molar refractivity (Wildman–Crippen MR) is 120 cm³/mol. The van der Waals surface area contributed by atoms with Gasteiger partial charge in [0.1, 0.15) is 22.2 Å². The lowest BCUT2D eigenvalue weighted by Gasteiger charge is -2.12. The molecule has 0 saturated carbocycles. The minimum atomic E-state index is -0.437. The minimum absolute atomic E-state index is 0.395. The van der Waals surface area contributed by atoms with Crippen molar-refractivity contribution < 1.29 is 14.3 Å². The Labute approximate surface area is 182 Å². The number of aromatic nitrogens is 2. The number of fused-ring (bicyclic) bond motifs is 1. The van der Waals surface area contributed by atoms with Crippen LogP contribution in [0.1, 0.15) is 16.2 Å². The van der Waals surface area contributed by atoms with Gasteiger partial charge >= 0.3 is 5.97 Å². The van der Waals surface area contributed by atoms with Gasteiger partial charge in [-0.15, -0.1) is 11.3 Å². The van der Waals surface area contributed by atoms with Gasteiger partial charge in [0.2, 0.25) is 0 Å². The zero-order valence-electron chi connectivity index (χ0n) is 16.5. The van der Waals surface area contributed by atoms with E-state index in [9.17, 15) is 4.79 Å². The van der Waals surface area contributed by atoms with Gasteiger partial charge in [-0.1, -0.05) is 23.7 Å². The Morgan fingerprint density at radius 2 is 1.87 bits per heavy atom. The molecule has 0 unspecified atom stereocenters. The zero-order valence-corrected chi connectivity index (χ0v) is 18.1. The maximum atomic E-state index is 11.9. The number of anilines is 2. The highest BCUT2D eigenvalue weighted by Crippen LogP contribution is 2.39. The fourth-order valence-corrected chi connectivity index (χ4v) is 4.27. The van der Waals surface area contributed by atoms with Crippen LogP contribution in [0.3, 0.4) is 0 Å². The lowest BCUT2D eigenvalue weighted by Crippen LogP contribution is -2.03. The van der Waals surface area contributed by atoms with Crippen molar-refractivity contribution in [2.24, 2.45) is 0 Å². The van der Waals surface area contributed by atoms with Gasteiger partial charge in [-0.2, -0.15) is 0 Å². The number of carbonyl (C=O) groups is 1. The number of benzene rings is 2. The van der Waals surface area contributed by atoms with E-state index in [4.69, 9.17) is 21.1 Å². The second-order valence-electron chi connectivity index (χ2n) is 6.49. The number of aryl methyl sites for hydroxylation is 1. The third kappa shape index (κ3) is 3.81. The number of methoxy groups -OCH3 is 2. The van der Waals surface area contributed by atoms with Crippen molar-refractivity contribution in [2.45, 2.75) is 6.92 Å². The summed E-state index contributed by atoms with van der Waals surface area (Å²) in [7, 11) is 2.98. The van der Waals surface area contributed by atoms with Crippen molar-refractivity contribution in [1.82, 2.24) is 9.97 Å². The molecule has 1 N–H and O–H groups in total. The monoisotopic (exact) mass is 439 g/mol. The third-order valence-corrected chi connectivity index (χ3v) is 5.79. The first-order valence-corrected chi connectivity index (χ1v) is 10.3. The molecule has 0 aliphatic heterocycles. The van der Waals surface area contributed by atoms with E-state index in [2.05, 4.69) is 20.7 Å². The van der Waals surface area contributed by atoms with E-state index < -0.39 is 5.97 Å². The van der Waals surface area contributed by atoms with Gasteiger partial charge in [0.15, 0.2) is 0 Å². The summed E-state index contributed by atoms with van der Waals surface area (Å²) < 4.78 is 10.1. The lowest BCUT2D eigenvalue weighted by molar-refractivity contribution is 0.0601. The number of thiophene rings is 1. The maximum Gasteiger partial charge on any atom is 0.337 e. The van der Waals surface area contributed by atoms with E-state index in [1.807, 2.05) is 31.2 Å². The number of nitrogens with zero attached hydrogens (tertiary/aromatic N) is 2. The van der Waals surface area contributed by atoms with Crippen LogP contribution in [-0.4, -0.2) is 30.2 Å². The van der Waals surface area contributed by atoms with Crippen LogP contribution >= 0.6 is 22.9 Å². The summed E-state index contributed by atoms with van der Waals surface area (Å²) in [5, 5.41) is 6.69. The van der Waals surface area contributed by atoms with Crippen LogP contribution in [0.4, 0.5) is 11.5 Å². The zero-order chi connectivity index (χ0) is 21.3. The van der Waals surface area contributed by atoms with Crippen molar-refractivity contribution >= 4 is 50.6 Å². The Hall–Kier alpha value is -3.16. The number of hydrogen-bond acceptors (Lipinski definition) is 7. The van der Waals surface area contributed by atoms with Crippen molar-refractivity contribution in [3.8, 4) is 16.9 Å². The van der Waals surface area contributed by atoms with Crippen LogP contribution in [0.15, 0.2) is 47.8 Å². The Morgan fingerprint density at radius 3 is 2.57 bits per heavy atom. The van der Waals surface area contributed by atoms with Crippen molar-refractivity contribution in [3.63, 3.8) is 0 Å². The Kier molecular flexibility index (Phi) is 5.57. The number of halogens is 1. The van der Waals surface area contributed by atoms with Gasteiger partial charge in [0.25, 0.3) is 0 Å². The number of esters is 1. The largest absolute Gasteiger partial charge is 0.497 e. The number of nitrogens with one attached hydrogen (secondary N) is 1. The lowest BCUT2D eigenvalue weighted by atomic mass is 10.1. The van der Waals surface area contributed by atoms with E-state index in [0.29, 0.717) is 27.9 Å². The van der Waals surface area contributed by atoms with Crippen molar-refractivity contribution in [3.05, 3.63) is 64.3 Å². The van der Waals surface area contributed by atoms with Crippen LogP contribution in [0, 0.1) is 6.92 Å². The highest BCUT2D eigenvalue weighted by atomic mass is 35.5. The van der Waals surface area contributed by atoms with Crippen molar-refractivity contribution in [2.75, 3.05) is 19.5 Å². The average molecular weight is 440 g/mol. The van der Waals surface area contributed by atoms with Gasteiger partial charge < -0.3 is 14.8 Å². The second kappa shape index (κ2) is 8.30. The molecule has 2 heterocycles. The molecular formula is C22H18ClN3O3S. The molecule has 0 fully saturated rings. The molecule has 0 saturated heterocycles. The molecule has 4 aromatic rings. The van der Waals surface area contributed by atoms with Gasteiger partial charge in [-0.25, -0.2) is 14.8 Å². The fraction of sp³-hybridized carbons (Fsp3) is 0.136. The van der Waals surface area contributed by atoms with Crippen LogP contribution in [0.2, 0.25) is 5.02 Å². The molecule has 0 aliphatic carbocycles. The standard InChI is InChI=1S/C22H18ClN3O3S/c1-12-24-20(26-18-10-14(22(27)29-3)6-9-17(18)23)19-16(11-30-21(19)25-12)13-4-7-15(28-2)8-5-13/h4-11H,1-3H3,(H,24,25,26). The molecule has 30 heavy (non-hydrogen) atoms. The van der Waals surface area contributed by atoms with Gasteiger partial charge in [-0.05, 0) is 42.8 Å². The van der Waals surface area contributed by atoms with E-state index in [1.54, 1.807) is 36.6 Å². The summed E-state index contributed by atoms with van der Waals surface area (Å²) >= 11 is 7.92. The Balaban J connectivity index is 1.83. The topological polar surface area (TPSA) is 73.3 Å². The molecule has 0 spiro atoms. The summed E-state index contributed by atoms with van der Waals surface area (Å²) in [5.74, 6) is 1.60. The number of ether oxygens (including phenoxy) is 2.